The molecule has 6 atom stereocenters. The number of hydrogen-bond donors (Lipinski definition) is 1. The van der Waals surface area contributed by atoms with Crippen LogP contribution in [0.25, 0.3) is 0 Å². The maximum absolute atomic E-state index is 15.2. The van der Waals surface area contributed by atoms with Crippen LogP contribution in [0.15, 0.2) is 54.1 Å². The second-order valence-electron chi connectivity index (χ2n) is 12.4. The number of phenols is 1. The maximum Gasteiger partial charge on any atom is 0.271 e. The van der Waals surface area contributed by atoms with Crippen LogP contribution in [0.4, 0.5) is 39.0 Å². The first-order chi connectivity index (χ1) is 24.0. The average Bonchev–Trinajstić information content (AvgIpc) is 3.45. The van der Waals surface area contributed by atoms with Crippen LogP contribution in [0.2, 0.25) is 0 Å². The van der Waals surface area contributed by atoms with Crippen LogP contribution >= 0.6 is 23.2 Å². The third kappa shape index (κ3) is 4.41. The summed E-state index contributed by atoms with van der Waals surface area (Å²) in [6.45, 7) is 0. The van der Waals surface area contributed by atoms with Crippen LogP contribution in [-0.4, -0.2) is 50.5 Å². The number of aromatic hydroxyl groups is 1. The van der Waals surface area contributed by atoms with Crippen molar-refractivity contribution in [2.75, 3.05) is 16.9 Å². The van der Waals surface area contributed by atoms with Gasteiger partial charge in [-0.25, -0.2) is 31.8 Å². The molecule has 0 aromatic heterocycles. The van der Waals surface area contributed by atoms with Crippen molar-refractivity contribution < 1.29 is 55.9 Å². The third-order valence-corrected chi connectivity index (χ3v) is 11.5. The molecule has 2 aliphatic carbocycles. The number of alkyl halides is 2. The number of carbonyl (C=O) groups excluding carboxylic acids is 4. The quantitative estimate of drug-likeness (QED) is 0.0505. The number of nitro benzene ring substituents is 1. The van der Waals surface area contributed by atoms with Crippen molar-refractivity contribution >= 4 is 63.9 Å². The number of fused-ring (bicyclic) bond motifs is 4. The number of hydrogen-bond acceptors (Lipinski definition) is 8. The highest BCUT2D eigenvalue weighted by Gasteiger charge is 2.77. The van der Waals surface area contributed by atoms with Gasteiger partial charge < -0.3 is 9.84 Å². The number of halogens is 7. The number of non-ortho nitro benzene ring substituents is 1. The van der Waals surface area contributed by atoms with E-state index in [0.29, 0.717) is 0 Å². The lowest BCUT2D eigenvalue weighted by molar-refractivity contribution is -0.384. The molecule has 0 radical (unpaired) electrons. The molecule has 4 aliphatic rings. The smallest absolute Gasteiger partial charge is 0.271 e. The Kier molecular flexibility index (Phi) is 7.72. The zero-order valence-corrected chi connectivity index (χ0v) is 27.1. The van der Waals surface area contributed by atoms with Gasteiger partial charge in [-0.3, -0.25) is 29.3 Å². The van der Waals surface area contributed by atoms with Crippen molar-refractivity contribution in [1.29, 1.82) is 0 Å². The molecule has 1 N–H and O–H groups in total. The number of ether oxygens (including phenoxy) is 1. The maximum atomic E-state index is 15.2. The lowest BCUT2D eigenvalue weighted by Crippen LogP contribution is -2.60. The van der Waals surface area contributed by atoms with Crippen LogP contribution in [0.3, 0.4) is 0 Å². The summed E-state index contributed by atoms with van der Waals surface area (Å²) in [5.74, 6) is -23.6. The molecule has 2 heterocycles. The summed E-state index contributed by atoms with van der Waals surface area (Å²) in [7, 11) is 1.26. The molecular formula is C33H20Cl2F5N3O8. The van der Waals surface area contributed by atoms with Gasteiger partial charge in [0.15, 0.2) is 33.0 Å². The molecule has 18 heteroatoms. The van der Waals surface area contributed by atoms with Crippen LogP contribution in [0, 0.1) is 57.0 Å². The minimum absolute atomic E-state index is 0.0806. The number of amides is 4. The predicted octanol–water partition coefficient (Wildman–Crippen LogP) is 5.77. The number of rotatable bonds is 5. The Morgan fingerprint density at radius 3 is 2.16 bits per heavy atom. The topological polar surface area (TPSA) is 147 Å². The SMILES string of the molecule is COc1ccc(O)c(C2C3=CCC4C(=O)N(c5cccc([N+](=O)[O-])c5)C(=O)C4C3CC3(Cl)C(=O)N(c4c(F)c(F)c(F)c(F)c4F)C(=O)C23Cl)c1. The number of benzene rings is 3. The van der Waals surface area contributed by atoms with Crippen LogP contribution in [0.5, 0.6) is 11.5 Å². The summed E-state index contributed by atoms with van der Waals surface area (Å²) in [5, 5.41) is 22.6. The van der Waals surface area contributed by atoms with Gasteiger partial charge in [0.05, 0.1) is 29.6 Å². The highest BCUT2D eigenvalue weighted by Crippen LogP contribution is 2.67. The van der Waals surface area contributed by atoms with Crippen molar-refractivity contribution in [1.82, 2.24) is 0 Å². The zero-order valence-electron chi connectivity index (χ0n) is 25.6. The van der Waals surface area contributed by atoms with E-state index < -0.39 is 115 Å². The van der Waals surface area contributed by atoms with E-state index in [1.54, 1.807) is 0 Å². The van der Waals surface area contributed by atoms with Crippen molar-refractivity contribution in [3.8, 4) is 11.5 Å². The molecular weight excluding hydrogens is 732 g/mol. The average molecular weight is 752 g/mol. The number of allylic oxidation sites excluding steroid dienone is 2. The van der Waals surface area contributed by atoms with Gasteiger partial charge in [0.1, 0.15) is 17.2 Å². The summed E-state index contributed by atoms with van der Waals surface area (Å²) in [4.78, 5) is 62.0. The van der Waals surface area contributed by atoms with Crippen molar-refractivity contribution in [2.45, 2.75) is 28.5 Å². The first kappa shape index (κ1) is 34.4. The van der Waals surface area contributed by atoms with E-state index in [1.807, 2.05) is 0 Å². The Balaban J connectivity index is 1.44. The molecule has 3 aromatic rings. The fourth-order valence-corrected chi connectivity index (χ4v) is 8.73. The normalized spacial score (nSPS) is 28.4. The number of phenolic OH excluding ortho intramolecular Hbond substituents is 1. The molecule has 1 saturated carbocycles. The molecule has 2 saturated heterocycles. The minimum atomic E-state index is -2.85. The minimum Gasteiger partial charge on any atom is -0.508 e. The summed E-state index contributed by atoms with van der Waals surface area (Å²) < 4.78 is 78.5. The summed E-state index contributed by atoms with van der Waals surface area (Å²) in [5.41, 5.74) is -2.64. The monoisotopic (exact) mass is 751 g/mol. The fourth-order valence-electron chi connectivity index (χ4n) is 7.80. The van der Waals surface area contributed by atoms with E-state index in [0.717, 1.165) is 23.1 Å². The second-order valence-corrected chi connectivity index (χ2v) is 13.6. The number of anilines is 2. The molecule has 3 fully saturated rings. The van der Waals surface area contributed by atoms with E-state index in [4.69, 9.17) is 27.9 Å². The zero-order chi connectivity index (χ0) is 37.1. The van der Waals surface area contributed by atoms with Gasteiger partial charge in [-0.2, -0.15) is 0 Å². The molecule has 2 aliphatic heterocycles. The predicted molar refractivity (Wildman–Crippen MR) is 167 cm³/mol. The summed E-state index contributed by atoms with van der Waals surface area (Å²) in [6.07, 6.45) is 0.487. The number of carbonyl (C=O) groups is 4. The molecule has 7 rings (SSSR count). The molecule has 11 nitrogen and oxygen atoms in total. The molecule has 3 aromatic carbocycles. The van der Waals surface area contributed by atoms with Gasteiger partial charge in [-0.1, -0.05) is 17.7 Å². The summed E-state index contributed by atoms with van der Waals surface area (Å²) >= 11 is 14.1. The Hall–Kier alpha value is -5.09. The first-order valence-electron chi connectivity index (χ1n) is 15.0. The van der Waals surface area contributed by atoms with E-state index >= 15 is 8.78 Å². The molecule has 51 heavy (non-hydrogen) atoms. The number of imide groups is 2. The van der Waals surface area contributed by atoms with Gasteiger partial charge in [0.25, 0.3) is 17.5 Å². The molecule has 4 amide bonds. The van der Waals surface area contributed by atoms with E-state index in [1.165, 1.54) is 37.5 Å². The highest BCUT2D eigenvalue weighted by atomic mass is 35.5. The number of nitro groups is 1. The van der Waals surface area contributed by atoms with E-state index in [9.17, 15) is 47.6 Å². The van der Waals surface area contributed by atoms with Crippen LogP contribution in [-0.2, 0) is 19.2 Å². The number of nitrogens with zero attached hydrogens (tertiary/aromatic N) is 3. The lowest BCUT2D eigenvalue weighted by Gasteiger charge is -2.50. The fraction of sp³-hybridized carbons (Fsp3) is 0.273. The Morgan fingerprint density at radius 2 is 1.53 bits per heavy atom. The number of methoxy groups -OCH3 is 1. The van der Waals surface area contributed by atoms with Gasteiger partial charge in [0.2, 0.25) is 17.6 Å². The largest absolute Gasteiger partial charge is 0.508 e. The highest BCUT2D eigenvalue weighted by molar-refractivity contribution is 6.58. The van der Waals surface area contributed by atoms with Gasteiger partial charge >= 0.3 is 0 Å². The van der Waals surface area contributed by atoms with Gasteiger partial charge in [-0.15, -0.1) is 23.2 Å². The van der Waals surface area contributed by atoms with Crippen molar-refractivity contribution in [3.05, 3.63) is 98.9 Å². The van der Waals surface area contributed by atoms with Crippen LogP contribution in [0.1, 0.15) is 24.3 Å². The van der Waals surface area contributed by atoms with Crippen molar-refractivity contribution in [2.24, 2.45) is 17.8 Å². The second kappa shape index (κ2) is 11.5. The van der Waals surface area contributed by atoms with E-state index in [2.05, 4.69) is 0 Å². The van der Waals surface area contributed by atoms with Gasteiger partial charge in [0, 0.05) is 23.6 Å². The Bertz CT molecular complexity index is 2160. The van der Waals surface area contributed by atoms with Gasteiger partial charge in [-0.05, 0) is 43.0 Å². The molecule has 264 valence electrons. The Labute approximate surface area is 292 Å². The standard InChI is InChI=1S/C33H20Cl2F5N3O8/c1-51-14-5-8-19(44)17(10-14)21-15-6-7-16-20(29(46)41(28(16)45)12-3-2-4-13(9-12)43(49)50)18(15)11-32(34)30(47)42(31(48)33(21,32)35)27-25(39)23(37)22(36)24(38)26(27)40/h2-6,8-10,16,18,20-21,44H,7,11H2,1H3. The molecule has 6 unspecified atom stereocenters. The first-order valence-corrected chi connectivity index (χ1v) is 15.7. The Morgan fingerprint density at radius 1 is 0.882 bits per heavy atom. The van der Waals surface area contributed by atoms with Crippen molar-refractivity contribution in [3.63, 3.8) is 0 Å². The third-order valence-electron chi connectivity index (χ3n) is 10.1. The molecule has 0 spiro atoms. The van der Waals surface area contributed by atoms with Crippen LogP contribution < -0.4 is 14.5 Å². The van der Waals surface area contributed by atoms with E-state index in [-0.39, 0.29) is 33.9 Å². The molecule has 0 bridgehead atoms. The summed E-state index contributed by atoms with van der Waals surface area (Å²) in [6, 6.07) is 8.37. The lowest BCUT2D eigenvalue weighted by atomic mass is 9.56.